The zero-order valence-electron chi connectivity index (χ0n) is 9.16. The monoisotopic (exact) mass is 254 g/mol. The summed E-state index contributed by atoms with van der Waals surface area (Å²) in [7, 11) is 0. The number of esters is 1. The lowest BCUT2D eigenvalue weighted by Crippen LogP contribution is -2.05. The van der Waals surface area contributed by atoms with Gasteiger partial charge in [-0.2, -0.15) is 0 Å². The van der Waals surface area contributed by atoms with Crippen LogP contribution in [0.5, 0.6) is 5.75 Å². The Morgan fingerprint density at radius 3 is 2.78 bits per heavy atom. The van der Waals surface area contributed by atoms with Crippen molar-refractivity contribution in [3.8, 4) is 5.75 Å². The number of aliphatic carboxylic acids is 1. The summed E-state index contributed by atoms with van der Waals surface area (Å²) in [6.45, 7) is -0.286. The fourth-order valence-electron chi connectivity index (χ4n) is 0.966. The Kier molecular flexibility index (Phi) is 4.67. The maximum Gasteiger partial charge on any atom is 0.330 e. The van der Waals surface area contributed by atoms with E-state index in [1.54, 1.807) is 0 Å². The number of carboxylic acid groups (broad SMARTS) is 1. The maximum atomic E-state index is 11.1. The van der Waals surface area contributed by atoms with Gasteiger partial charge in [0.25, 0.3) is 0 Å². The molecule has 0 saturated carbocycles. The number of carboxylic acids is 1. The third-order valence-corrected chi connectivity index (χ3v) is 1.77. The van der Waals surface area contributed by atoms with Crippen molar-refractivity contribution >= 4 is 11.9 Å². The van der Waals surface area contributed by atoms with Gasteiger partial charge in [-0.3, -0.25) is 9.59 Å². The van der Waals surface area contributed by atoms with Crippen molar-refractivity contribution in [3.05, 3.63) is 40.5 Å². The van der Waals surface area contributed by atoms with Crippen LogP contribution in [-0.2, 0) is 20.9 Å². The van der Waals surface area contributed by atoms with Crippen LogP contribution in [0.15, 0.2) is 33.7 Å². The molecule has 0 fully saturated rings. The van der Waals surface area contributed by atoms with Crippen LogP contribution in [0.2, 0.25) is 0 Å². The average molecular weight is 254 g/mol. The first-order valence-corrected chi connectivity index (χ1v) is 4.85. The van der Waals surface area contributed by atoms with Gasteiger partial charge in [-0.15, -0.1) is 0 Å². The molecule has 1 aromatic heterocycles. The van der Waals surface area contributed by atoms with E-state index in [9.17, 15) is 14.4 Å². The minimum absolute atomic E-state index is 0.0674. The summed E-state index contributed by atoms with van der Waals surface area (Å²) in [6.07, 6.45) is 2.65. The van der Waals surface area contributed by atoms with Gasteiger partial charge in [-0.25, -0.2) is 4.79 Å². The molecule has 96 valence electrons. The molecule has 1 aromatic rings. The van der Waals surface area contributed by atoms with Gasteiger partial charge in [-0.1, -0.05) is 6.08 Å². The molecule has 18 heavy (non-hydrogen) atoms. The summed E-state index contributed by atoms with van der Waals surface area (Å²) < 4.78 is 9.46. The first kappa shape index (κ1) is 13.5. The minimum Gasteiger partial charge on any atom is -0.502 e. The van der Waals surface area contributed by atoms with E-state index in [-0.39, 0.29) is 18.8 Å². The molecule has 0 aliphatic rings. The van der Waals surface area contributed by atoms with Crippen LogP contribution >= 0.6 is 0 Å². The van der Waals surface area contributed by atoms with Crippen molar-refractivity contribution in [2.24, 2.45) is 0 Å². The van der Waals surface area contributed by atoms with Crippen LogP contribution in [-0.4, -0.2) is 22.2 Å². The number of rotatable bonds is 5. The molecule has 0 aliphatic carbocycles. The molecule has 0 bridgehead atoms. The molecule has 7 heteroatoms. The summed E-state index contributed by atoms with van der Waals surface area (Å²) in [5.74, 6) is -2.29. The standard InChI is InChI=1S/C11H10O7/c12-8-4-7(17-6-9(8)13)5-18-11(16)3-1-2-10(14)15/h1,3-4,6,13H,2,5H2,(H,14,15). The molecule has 0 radical (unpaired) electrons. The molecule has 1 rings (SSSR count). The molecule has 7 nitrogen and oxygen atoms in total. The van der Waals surface area contributed by atoms with Crippen LogP contribution in [0.3, 0.4) is 0 Å². The predicted octanol–water partition coefficient (Wildman–Crippen LogP) is 0.420. The number of carbonyl (C=O) groups is 2. The van der Waals surface area contributed by atoms with Crippen molar-refractivity contribution in [2.75, 3.05) is 0 Å². The molecule has 0 amide bonds. The SMILES string of the molecule is O=C(O)CC=CC(=O)OCc1cc(=O)c(O)co1. The first-order valence-electron chi connectivity index (χ1n) is 4.85. The van der Waals surface area contributed by atoms with Gasteiger partial charge >= 0.3 is 11.9 Å². The van der Waals surface area contributed by atoms with E-state index in [1.165, 1.54) is 0 Å². The molecule has 0 aromatic carbocycles. The summed E-state index contributed by atoms with van der Waals surface area (Å²) >= 11 is 0. The van der Waals surface area contributed by atoms with Gasteiger partial charge in [0.15, 0.2) is 5.75 Å². The van der Waals surface area contributed by atoms with Crippen LogP contribution in [0, 0.1) is 0 Å². The third kappa shape index (κ3) is 4.52. The van der Waals surface area contributed by atoms with Crippen molar-refractivity contribution in [1.82, 2.24) is 0 Å². The van der Waals surface area contributed by atoms with Crippen molar-refractivity contribution in [2.45, 2.75) is 13.0 Å². The Morgan fingerprint density at radius 2 is 2.17 bits per heavy atom. The van der Waals surface area contributed by atoms with E-state index in [0.29, 0.717) is 0 Å². The van der Waals surface area contributed by atoms with E-state index < -0.39 is 23.1 Å². The summed E-state index contributed by atoms with van der Waals surface area (Å²) in [5.41, 5.74) is -0.645. The molecular formula is C11H10O7. The first-order chi connectivity index (χ1) is 8.49. The molecule has 0 atom stereocenters. The highest BCUT2D eigenvalue weighted by Gasteiger charge is 2.04. The van der Waals surface area contributed by atoms with Crippen LogP contribution in [0.4, 0.5) is 0 Å². The molecule has 0 aliphatic heterocycles. The highest BCUT2D eigenvalue weighted by atomic mass is 16.5. The van der Waals surface area contributed by atoms with Gasteiger partial charge in [0.05, 0.1) is 6.42 Å². The number of hydrogen-bond donors (Lipinski definition) is 2. The number of carbonyl (C=O) groups excluding carboxylic acids is 1. The topological polar surface area (TPSA) is 114 Å². The Labute approximate surface area is 101 Å². The summed E-state index contributed by atoms with van der Waals surface area (Å²) in [6, 6.07) is 0.990. The van der Waals surface area contributed by atoms with Crippen LogP contribution < -0.4 is 5.43 Å². The normalized spacial score (nSPS) is 10.4. The molecule has 0 unspecified atom stereocenters. The fraction of sp³-hybridized carbons (Fsp3) is 0.182. The number of ether oxygens (including phenoxy) is 1. The molecule has 0 saturated heterocycles. The van der Waals surface area contributed by atoms with Gasteiger partial charge < -0.3 is 19.4 Å². The van der Waals surface area contributed by atoms with Gasteiger partial charge in [0.2, 0.25) is 5.43 Å². The second-order valence-corrected chi connectivity index (χ2v) is 3.20. The van der Waals surface area contributed by atoms with Crippen LogP contribution in [0.25, 0.3) is 0 Å². The fourth-order valence-corrected chi connectivity index (χ4v) is 0.966. The van der Waals surface area contributed by atoms with E-state index in [1.807, 2.05) is 0 Å². The van der Waals surface area contributed by atoms with Crippen molar-refractivity contribution < 1.29 is 29.0 Å². The number of aromatic hydroxyl groups is 1. The lowest BCUT2D eigenvalue weighted by Gasteiger charge is -2.00. The van der Waals surface area contributed by atoms with Gasteiger partial charge in [0, 0.05) is 12.1 Å². The van der Waals surface area contributed by atoms with E-state index in [2.05, 4.69) is 4.74 Å². The zero-order valence-corrected chi connectivity index (χ0v) is 9.16. The Balaban J connectivity index is 2.47. The second kappa shape index (κ2) is 6.24. The van der Waals surface area contributed by atoms with E-state index in [4.69, 9.17) is 14.6 Å². The van der Waals surface area contributed by atoms with E-state index in [0.717, 1.165) is 24.5 Å². The summed E-state index contributed by atoms with van der Waals surface area (Å²) in [5, 5.41) is 17.2. The van der Waals surface area contributed by atoms with Crippen molar-refractivity contribution in [1.29, 1.82) is 0 Å². The second-order valence-electron chi connectivity index (χ2n) is 3.20. The third-order valence-electron chi connectivity index (χ3n) is 1.77. The molecule has 2 N–H and O–H groups in total. The van der Waals surface area contributed by atoms with Crippen LogP contribution in [0.1, 0.15) is 12.2 Å². The highest BCUT2D eigenvalue weighted by Crippen LogP contribution is 2.04. The van der Waals surface area contributed by atoms with E-state index >= 15 is 0 Å². The average Bonchev–Trinajstić information content (AvgIpc) is 2.30. The smallest absolute Gasteiger partial charge is 0.330 e. The number of hydrogen-bond acceptors (Lipinski definition) is 6. The Bertz CT molecular complexity index is 526. The lowest BCUT2D eigenvalue weighted by atomic mass is 10.4. The highest BCUT2D eigenvalue weighted by molar-refractivity contribution is 5.82. The van der Waals surface area contributed by atoms with Crippen molar-refractivity contribution in [3.63, 3.8) is 0 Å². The maximum absolute atomic E-state index is 11.1. The lowest BCUT2D eigenvalue weighted by molar-refractivity contribution is -0.139. The van der Waals surface area contributed by atoms with Gasteiger partial charge in [-0.05, 0) is 0 Å². The largest absolute Gasteiger partial charge is 0.502 e. The zero-order chi connectivity index (χ0) is 13.5. The Hall–Kier alpha value is -2.57. The van der Waals surface area contributed by atoms with Gasteiger partial charge in [0.1, 0.15) is 18.6 Å². The molecule has 1 heterocycles. The molecule has 0 spiro atoms. The summed E-state index contributed by atoms with van der Waals surface area (Å²) in [4.78, 5) is 32.2. The molecular weight excluding hydrogens is 244 g/mol. The quantitative estimate of drug-likeness (QED) is 0.578. The predicted molar refractivity (Wildman–Crippen MR) is 57.8 cm³/mol. The Morgan fingerprint density at radius 1 is 1.44 bits per heavy atom. The minimum atomic E-state index is -1.07.